The highest BCUT2D eigenvalue weighted by molar-refractivity contribution is 5.35. The van der Waals surface area contributed by atoms with E-state index in [2.05, 4.69) is 44.1 Å². The molecule has 1 saturated heterocycles. The molecule has 3 heterocycles. The Labute approximate surface area is 129 Å². The van der Waals surface area contributed by atoms with E-state index in [0.29, 0.717) is 18.0 Å². The molecule has 22 heavy (non-hydrogen) atoms. The van der Waals surface area contributed by atoms with Gasteiger partial charge in [0.05, 0.1) is 24.6 Å². The lowest BCUT2D eigenvalue weighted by Gasteiger charge is -2.35. The van der Waals surface area contributed by atoms with E-state index in [-0.39, 0.29) is 0 Å². The molecule has 1 aliphatic heterocycles. The molecule has 0 bridgehead atoms. The van der Waals surface area contributed by atoms with Gasteiger partial charge in [-0.1, -0.05) is 0 Å². The molecule has 3 rings (SSSR count). The summed E-state index contributed by atoms with van der Waals surface area (Å²) in [6.45, 7) is 7.93. The van der Waals surface area contributed by atoms with Crippen LogP contribution in [0, 0.1) is 0 Å². The van der Waals surface area contributed by atoms with Gasteiger partial charge >= 0.3 is 0 Å². The van der Waals surface area contributed by atoms with Crippen LogP contribution in [-0.2, 0) is 4.74 Å². The molecule has 8 heteroatoms. The Morgan fingerprint density at radius 3 is 2.77 bits per heavy atom. The summed E-state index contributed by atoms with van der Waals surface area (Å²) in [6.07, 6.45) is 7.03. The van der Waals surface area contributed by atoms with Gasteiger partial charge in [-0.05, 0) is 13.8 Å². The lowest BCUT2D eigenvalue weighted by molar-refractivity contribution is -0.0667. The average molecular weight is 303 g/mol. The summed E-state index contributed by atoms with van der Waals surface area (Å²) < 4.78 is 7.32. The van der Waals surface area contributed by atoms with Crippen LogP contribution in [0.1, 0.15) is 13.8 Å². The van der Waals surface area contributed by atoms with Crippen molar-refractivity contribution < 1.29 is 4.74 Å². The highest BCUT2D eigenvalue weighted by atomic mass is 16.5. The van der Waals surface area contributed by atoms with E-state index in [1.54, 1.807) is 23.4 Å². The van der Waals surface area contributed by atoms with Crippen molar-refractivity contribution in [2.45, 2.75) is 26.1 Å². The van der Waals surface area contributed by atoms with Crippen LogP contribution in [0.5, 0.6) is 0 Å². The van der Waals surface area contributed by atoms with Gasteiger partial charge in [-0.15, -0.1) is 0 Å². The van der Waals surface area contributed by atoms with Crippen LogP contribution in [0.3, 0.4) is 0 Å². The summed E-state index contributed by atoms with van der Waals surface area (Å²) in [4.78, 5) is 15.0. The minimum absolute atomic E-state index is 0.291. The van der Waals surface area contributed by atoms with Gasteiger partial charge < -0.3 is 10.1 Å². The number of nitrogens with one attached hydrogen (secondary N) is 1. The predicted molar refractivity (Wildman–Crippen MR) is 81.9 cm³/mol. The second-order valence-corrected chi connectivity index (χ2v) is 5.55. The van der Waals surface area contributed by atoms with Gasteiger partial charge in [-0.3, -0.25) is 9.88 Å². The zero-order chi connectivity index (χ0) is 15.4. The van der Waals surface area contributed by atoms with Crippen molar-refractivity contribution >= 4 is 5.82 Å². The molecular weight excluding hydrogens is 282 g/mol. The number of morpholine rings is 1. The summed E-state index contributed by atoms with van der Waals surface area (Å²) in [5, 5.41) is 7.36. The minimum Gasteiger partial charge on any atom is -0.373 e. The first-order valence-electron chi connectivity index (χ1n) is 7.49. The van der Waals surface area contributed by atoms with E-state index in [1.165, 1.54) is 6.33 Å². The first kappa shape index (κ1) is 14.9. The zero-order valence-electron chi connectivity index (χ0n) is 12.9. The van der Waals surface area contributed by atoms with Gasteiger partial charge in [-0.25, -0.2) is 14.6 Å². The largest absolute Gasteiger partial charge is 0.373 e. The van der Waals surface area contributed by atoms with E-state index in [1.807, 2.05) is 0 Å². The second-order valence-electron chi connectivity index (χ2n) is 5.55. The average Bonchev–Trinajstić information content (AvgIpc) is 3.01. The number of rotatable bonds is 5. The van der Waals surface area contributed by atoms with Gasteiger partial charge in [0.15, 0.2) is 5.82 Å². The summed E-state index contributed by atoms with van der Waals surface area (Å²) in [7, 11) is 0. The Balaban J connectivity index is 1.52. The van der Waals surface area contributed by atoms with E-state index >= 15 is 0 Å². The van der Waals surface area contributed by atoms with Crippen molar-refractivity contribution in [1.29, 1.82) is 0 Å². The maximum absolute atomic E-state index is 5.74. The highest BCUT2D eigenvalue weighted by Gasteiger charge is 2.21. The molecule has 2 aromatic heterocycles. The molecule has 118 valence electrons. The van der Waals surface area contributed by atoms with Crippen molar-refractivity contribution in [2.75, 3.05) is 31.5 Å². The molecule has 2 aromatic rings. The monoisotopic (exact) mass is 303 g/mol. The molecule has 0 unspecified atom stereocenters. The Morgan fingerprint density at radius 2 is 2.05 bits per heavy atom. The SMILES string of the molecule is C[C@H]1CN(CCNc2cncc(-n3cncn3)n2)C[C@H](C)O1. The topological polar surface area (TPSA) is 81.0 Å². The van der Waals surface area contributed by atoms with Crippen LogP contribution in [0.2, 0.25) is 0 Å². The van der Waals surface area contributed by atoms with Gasteiger partial charge in [0.25, 0.3) is 0 Å². The summed E-state index contributed by atoms with van der Waals surface area (Å²) in [5.41, 5.74) is 0. The molecule has 0 spiro atoms. The molecule has 0 aliphatic carbocycles. The van der Waals surface area contributed by atoms with E-state index in [4.69, 9.17) is 4.74 Å². The third kappa shape index (κ3) is 3.77. The number of ether oxygens (including phenoxy) is 1. The molecule has 0 aromatic carbocycles. The van der Waals surface area contributed by atoms with Crippen LogP contribution in [0.15, 0.2) is 25.0 Å². The summed E-state index contributed by atoms with van der Waals surface area (Å²) in [6, 6.07) is 0. The van der Waals surface area contributed by atoms with Crippen LogP contribution in [-0.4, -0.2) is 68.0 Å². The summed E-state index contributed by atoms with van der Waals surface area (Å²) >= 11 is 0. The van der Waals surface area contributed by atoms with Crippen LogP contribution < -0.4 is 5.32 Å². The standard InChI is InChI=1S/C14H21N7O/c1-11-7-20(8-12(2)22-11)4-3-17-13-5-15-6-14(19-13)21-10-16-9-18-21/h5-6,9-12H,3-4,7-8H2,1-2H3,(H,17,19)/t11-,12-/m0/s1. The van der Waals surface area contributed by atoms with Crippen molar-refractivity contribution in [3.8, 4) is 5.82 Å². The molecule has 8 nitrogen and oxygen atoms in total. The third-order valence-electron chi connectivity index (χ3n) is 3.50. The fraction of sp³-hybridized carbons (Fsp3) is 0.571. The number of hydrogen-bond donors (Lipinski definition) is 1. The number of hydrogen-bond acceptors (Lipinski definition) is 7. The van der Waals surface area contributed by atoms with Crippen molar-refractivity contribution in [2.24, 2.45) is 0 Å². The molecule has 2 atom stereocenters. The summed E-state index contributed by atoms with van der Waals surface area (Å²) in [5.74, 6) is 1.39. The van der Waals surface area contributed by atoms with E-state index < -0.39 is 0 Å². The first-order valence-corrected chi connectivity index (χ1v) is 7.49. The van der Waals surface area contributed by atoms with Crippen molar-refractivity contribution in [1.82, 2.24) is 29.6 Å². The smallest absolute Gasteiger partial charge is 0.175 e. The van der Waals surface area contributed by atoms with Crippen LogP contribution >= 0.6 is 0 Å². The minimum atomic E-state index is 0.291. The van der Waals surface area contributed by atoms with Gasteiger partial charge in [0.1, 0.15) is 18.5 Å². The number of aromatic nitrogens is 5. The van der Waals surface area contributed by atoms with Gasteiger partial charge in [0, 0.05) is 26.2 Å². The predicted octanol–water partition coefficient (Wildman–Crippen LogP) is 0.578. The van der Waals surface area contributed by atoms with Gasteiger partial charge in [-0.2, -0.15) is 5.10 Å². The molecule has 1 N–H and O–H groups in total. The number of nitrogens with zero attached hydrogens (tertiary/aromatic N) is 6. The lowest BCUT2D eigenvalue weighted by Crippen LogP contribution is -2.46. The Morgan fingerprint density at radius 1 is 1.23 bits per heavy atom. The Bertz CT molecular complexity index is 579. The molecule has 0 amide bonds. The van der Waals surface area contributed by atoms with Crippen molar-refractivity contribution in [3.05, 3.63) is 25.0 Å². The third-order valence-corrected chi connectivity index (χ3v) is 3.50. The quantitative estimate of drug-likeness (QED) is 0.865. The van der Waals surface area contributed by atoms with Crippen LogP contribution in [0.25, 0.3) is 5.82 Å². The fourth-order valence-corrected chi connectivity index (χ4v) is 2.69. The number of anilines is 1. The normalized spacial score (nSPS) is 22.6. The lowest BCUT2D eigenvalue weighted by atomic mass is 10.2. The molecule has 1 fully saturated rings. The maximum Gasteiger partial charge on any atom is 0.175 e. The highest BCUT2D eigenvalue weighted by Crippen LogP contribution is 2.10. The van der Waals surface area contributed by atoms with E-state index in [9.17, 15) is 0 Å². The fourth-order valence-electron chi connectivity index (χ4n) is 2.69. The van der Waals surface area contributed by atoms with E-state index in [0.717, 1.165) is 32.0 Å². The Hall–Kier alpha value is -2.06. The molecule has 1 aliphatic rings. The Kier molecular flexibility index (Phi) is 4.59. The maximum atomic E-state index is 5.74. The van der Waals surface area contributed by atoms with Crippen molar-refractivity contribution in [3.63, 3.8) is 0 Å². The van der Waals surface area contributed by atoms with Crippen LogP contribution in [0.4, 0.5) is 5.82 Å². The first-order chi connectivity index (χ1) is 10.7. The van der Waals surface area contributed by atoms with Gasteiger partial charge in [0.2, 0.25) is 0 Å². The molecular formula is C14H21N7O. The molecule has 0 radical (unpaired) electrons. The molecule has 0 saturated carbocycles. The zero-order valence-corrected chi connectivity index (χ0v) is 12.9. The second kappa shape index (κ2) is 6.80.